The summed E-state index contributed by atoms with van der Waals surface area (Å²) in [5.74, 6) is 0.759. The van der Waals surface area contributed by atoms with Gasteiger partial charge in [-0.05, 0) is 48.3 Å². The minimum Gasteiger partial charge on any atom is -0.383 e. The molecular weight excluding hydrogens is 268 g/mol. The highest BCUT2D eigenvalue weighted by atomic mass is 79.9. The van der Waals surface area contributed by atoms with Gasteiger partial charge in [0.25, 0.3) is 0 Å². The molecule has 1 aliphatic heterocycles. The Morgan fingerprint density at radius 3 is 2.94 bits per heavy atom. The van der Waals surface area contributed by atoms with Gasteiger partial charge < -0.3 is 10.6 Å². The Morgan fingerprint density at radius 1 is 1.50 bits per heavy atom. The molecule has 0 radical (unpaired) electrons. The van der Waals surface area contributed by atoms with Crippen LogP contribution in [0.25, 0.3) is 0 Å². The van der Waals surface area contributed by atoms with Crippen molar-refractivity contribution in [3.63, 3.8) is 0 Å². The first-order valence-electron chi connectivity index (χ1n) is 5.93. The van der Waals surface area contributed by atoms with Crippen LogP contribution in [0, 0.1) is 0 Å². The molecule has 4 nitrogen and oxygen atoms in total. The van der Waals surface area contributed by atoms with Crippen LogP contribution in [0.1, 0.15) is 32.2 Å². The third-order valence-electron chi connectivity index (χ3n) is 3.37. The van der Waals surface area contributed by atoms with Crippen molar-refractivity contribution in [1.29, 1.82) is 0 Å². The van der Waals surface area contributed by atoms with Crippen LogP contribution in [-0.2, 0) is 0 Å². The third-order valence-corrected chi connectivity index (χ3v) is 3.98. The number of aromatic nitrogens is 2. The second-order valence-corrected chi connectivity index (χ2v) is 5.20. The van der Waals surface area contributed by atoms with E-state index in [1.54, 1.807) is 6.20 Å². The fourth-order valence-electron chi connectivity index (χ4n) is 2.34. The summed E-state index contributed by atoms with van der Waals surface area (Å²) in [5.41, 5.74) is 5.99. The Labute approximate surface area is 105 Å². The fourth-order valence-corrected chi connectivity index (χ4v) is 2.61. The molecule has 90 valence electrons. The van der Waals surface area contributed by atoms with Crippen molar-refractivity contribution in [2.45, 2.75) is 32.2 Å². The van der Waals surface area contributed by atoms with E-state index in [1.807, 2.05) is 4.68 Å². The van der Waals surface area contributed by atoms with E-state index < -0.39 is 0 Å². The molecule has 2 N–H and O–H groups in total. The van der Waals surface area contributed by atoms with Gasteiger partial charge in [0.2, 0.25) is 0 Å². The summed E-state index contributed by atoms with van der Waals surface area (Å²) in [6.45, 7) is 5.72. The zero-order chi connectivity index (χ0) is 11.5. The van der Waals surface area contributed by atoms with Crippen LogP contribution in [0.5, 0.6) is 0 Å². The van der Waals surface area contributed by atoms with E-state index in [-0.39, 0.29) is 0 Å². The molecule has 0 amide bonds. The van der Waals surface area contributed by atoms with Crippen molar-refractivity contribution in [3.05, 3.63) is 10.7 Å². The van der Waals surface area contributed by atoms with Crippen molar-refractivity contribution >= 4 is 21.7 Å². The standard InChI is InChI=1S/C11H19BrN4/c1-2-15-6-3-4-9(5-7-15)16-11(13)10(12)8-14-16/h8-9H,2-7,13H2,1H3. The van der Waals surface area contributed by atoms with E-state index in [9.17, 15) is 0 Å². The van der Waals surface area contributed by atoms with Crippen LogP contribution >= 0.6 is 15.9 Å². The average Bonchev–Trinajstić information content (AvgIpc) is 2.55. The minimum atomic E-state index is 0.461. The van der Waals surface area contributed by atoms with Crippen LogP contribution in [-0.4, -0.2) is 34.3 Å². The zero-order valence-corrected chi connectivity index (χ0v) is 11.3. The second kappa shape index (κ2) is 5.19. The van der Waals surface area contributed by atoms with E-state index in [4.69, 9.17) is 5.73 Å². The first-order chi connectivity index (χ1) is 7.72. The lowest BCUT2D eigenvalue weighted by molar-refractivity contribution is 0.294. The first-order valence-corrected chi connectivity index (χ1v) is 6.72. The molecule has 0 aliphatic carbocycles. The number of hydrogen-bond acceptors (Lipinski definition) is 3. The Balaban J connectivity index is 2.07. The number of likely N-dealkylation sites (tertiary alicyclic amines) is 1. The first kappa shape index (κ1) is 11.9. The molecule has 1 saturated heterocycles. The maximum atomic E-state index is 5.99. The molecule has 2 heterocycles. The topological polar surface area (TPSA) is 47.1 Å². The molecule has 16 heavy (non-hydrogen) atoms. The molecule has 0 aromatic carbocycles. The second-order valence-electron chi connectivity index (χ2n) is 4.34. The fraction of sp³-hybridized carbons (Fsp3) is 0.727. The summed E-state index contributed by atoms with van der Waals surface area (Å²) in [7, 11) is 0. The molecule has 1 aliphatic rings. The molecule has 5 heteroatoms. The largest absolute Gasteiger partial charge is 0.383 e. The Bertz CT molecular complexity index is 350. The van der Waals surface area contributed by atoms with Gasteiger partial charge in [0.15, 0.2) is 0 Å². The number of nitrogen functional groups attached to an aromatic ring is 1. The highest BCUT2D eigenvalue weighted by Gasteiger charge is 2.20. The summed E-state index contributed by atoms with van der Waals surface area (Å²) in [5, 5.41) is 4.36. The van der Waals surface area contributed by atoms with Crippen molar-refractivity contribution in [2.24, 2.45) is 0 Å². The SMILES string of the molecule is CCN1CCCC(n2ncc(Br)c2N)CC1. The highest BCUT2D eigenvalue weighted by molar-refractivity contribution is 9.10. The molecule has 0 saturated carbocycles. The number of anilines is 1. The molecule has 2 rings (SSSR count). The van der Waals surface area contributed by atoms with E-state index in [1.165, 1.54) is 19.4 Å². The maximum absolute atomic E-state index is 5.99. The Hall–Kier alpha value is -0.550. The van der Waals surface area contributed by atoms with Crippen LogP contribution < -0.4 is 5.73 Å². The monoisotopic (exact) mass is 286 g/mol. The van der Waals surface area contributed by atoms with Gasteiger partial charge in [-0.3, -0.25) is 0 Å². The summed E-state index contributed by atoms with van der Waals surface area (Å²) < 4.78 is 2.88. The molecule has 0 bridgehead atoms. The molecule has 1 atom stereocenters. The number of halogens is 1. The lowest BCUT2D eigenvalue weighted by atomic mass is 10.1. The highest BCUT2D eigenvalue weighted by Crippen LogP contribution is 2.28. The molecular formula is C11H19BrN4. The van der Waals surface area contributed by atoms with Crippen LogP contribution in [0.4, 0.5) is 5.82 Å². The van der Waals surface area contributed by atoms with Gasteiger partial charge in [0.05, 0.1) is 16.7 Å². The van der Waals surface area contributed by atoms with E-state index in [2.05, 4.69) is 32.9 Å². The Morgan fingerprint density at radius 2 is 2.31 bits per heavy atom. The maximum Gasteiger partial charge on any atom is 0.136 e. The van der Waals surface area contributed by atoms with E-state index in [0.29, 0.717) is 6.04 Å². The smallest absolute Gasteiger partial charge is 0.136 e. The van der Waals surface area contributed by atoms with E-state index in [0.717, 1.165) is 29.8 Å². The lowest BCUT2D eigenvalue weighted by Gasteiger charge is -2.18. The molecule has 1 unspecified atom stereocenters. The molecule has 1 aromatic heterocycles. The predicted octanol–water partition coefficient (Wildman–Crippen LogP) is 2.27. The van der Waals surface area contributed by atoms with Gasteiger partial charge in [-0.1, -0.05) is 6.92 Å². The van der Waals surface area contributed by atoms with Crippen molar-refractivity contribution in [2.75, 3.05) is 25.4 Å². The van der Waals surface area contributed by atoms with Gasteiger partial charge in [0, 0.05) is 6.54 Å². The molecule has 1 aromatic rings. The predicted molar refractivity (Wildman–Crippen MR) is 69.3 cm³/mol. The van der Waals surface area contributed by atoms with Gasteiger partial charge >= 0.3 is 0 Å². The normalized spacial score (nSPS) is 23.2. The molecule has 1 fully saturated rings. The van der Waals surface area contributed by atoms with Crippen LogP contribution in [0.3, 0.4) is 0 Å². The van der Waals surface area contributed by atoms with Crippen molar-refractivity contribution in [3.8, 4) is 0 Å². The quantitative estimate of drug-likeness (QED) is 0.907. The lowest BCUT2D eigenvalue weighted by Crippen LogP contribution is -2.24. The summed E-state index contributed by atoms with van der Waals surface area (Å²) in [4.78, 5) is 2.49. The number of rotatable bonds is 2. The number of nitrogens with two attached hydrogens (primary N) is 1. The number of nitrogens with zero attached hydrogens (tertiary/aromatic N) is 3. The van der Waals surface area contributed by atoms with Crippen molar-refractivity contribution < 1.29 is 0 Å². The summed E-state index contributed by atoms with van der Waals surface area (Å²) in [6.07, 6.45) is 5.34. The molecule has 0 spiro atoms. The van der Waals surface area contributed by atoms with Gasteiger partial charge in [-0.15, -0.1) is 0 Å². The Kier molecular flexibility index (Phi) is 3.86. The van der Waals surface area contributed by atoms with Crippen LogP contribution in [0.15, 0.2) is 10.7 Å². The van der Waals surface area contributed by atoms with Crippen molar-refractivity contribution in [1.82, 2.24) is 14.7 Å². The van der Waals surface area contributed by atoms with Gasteiger partial charge in [-0.25, -0.2) is 4.68 Å². The van der Waals surface area contributed by atoms with Crippen LogP contribution in [0.2, 0.25) is 0 Å². The summed E-state index contributed by atoms with van der Waals surface area (Å²) >= 11 is 3.41. The van der Waals surface area contributed by atoms with Gasteiger partial charge in [-0.2, -0.15) is 5.10 Å². The number of hydrogen-bond donors (Lipinski definition) is 1. The average molecular weight is 287 g/mol. The minimum absolute atomic E-state index is 0.461. The van der Waals surface area contributed by atoms with E-state index >= 15 is 0 Å². The third kappa shape index (κ3) is 2.40. The zero-order valence-electron chi connectivity index (χ0n) is 9.69. The summed E-state index contributed by atoms with van der Waals surface area (Å²) in [6, 6.07) is 0.461. The van der Waals surface area contributed by atoms with Gasteiger partial charge in [0.1, 0.15) is 5.82 Å².